The lowest BCUT2D eigenvalue weighted by atomic mass is 9.78. The van der Waals surface area contributed by atoms with E-state index in [1.807, 2.05) is 23.1 Å². The zero-order valence-corrected chi connectivity index (χ0v) is 12.6. The summed E-state index contributed by atoms with van der Waals surface area (Å²) >= 11 is 0. The van der Waals surface area contributed by atoms with E-state index < -0.39 is 0 Å². The van der Waals surface area contributed by atoms with Crippen LogP contribution < -0.4 is 0 Å². The van der Waals surface area contributed by atoms with Crippen molar-refractivity contribution < 1.29 is 4.79 Å². The van der Waals surface area contributed by atoms with Gasteiger partial charge in [0.05, 0.1) is 23.3 Å². The molecule has 2 bridgehead atoms. The van der Waals surface area contributed by atoms with Crippen LogP contribution in [0.25, 0.3) is 10.9 Å². The minimum Gasteiger partial charge on any atom is -0.332 e. The number of piperidine rings is 3. The molecule has 114 valence electrons. The zero-order chi connectivity index (χ0) is 14.7. The van der Waals surface area contributed by atoms with Crippen LogP contribution in [0.4, 0.5) is 0 Å². The second kappa shape index (κ2) is 4.56. The Labute approximate surface area is 129 Å². The van der Waals surface area contributed by atoms with Crippen LogP contribution in [0, 0.1) is 11.8 Å². The van der Waals surface area contributed by atoms with Gasteiger partial charge in [0.15, 0.2) is 0 Å². The van der Waals surface area contributed by atoms with Gasteiger partial charge in [-0.25, -0.2) is 0 Å². The zero-order valence-electron chi connectivity index (χ0n) is 12.6. The molecule has 0 radical (unpaired) electrons. The van der Waals surface area contributed by atoms with Crippen molar-refractivity contribution in [2.75, 3.05) is 26.2 Å². The normalized spacial score (nSPS) is 30.3. The average molecular weight is 296 g/mol. The summed E-state index contributed by atoms with van der Waals surface area (Å²) in [7, 11) is 0. The molecule has 0 aliphatic carbocycles. The molecule has 0 saturated carbocycles. The van der Waals surface area contributed by atoms with Crippen LogP contribution in [0.2, 0.25) is 0 Å². The highest BCUT2D eigenvalue weighted by molar-refractivity contribution is 6.08. The van der Waals surface area contributed by atoms with Crippen molar-refractivity contribution in [2.24, 2.45) is 11.8 Å². The van der Waals surface area contributed by atoms with Crippen LogP contribution in [0.3, 0.4) is 0 Å². The molecular formula is C17H20N4O. The fourth-order valence-electron chi connectivity index (χ4n) is 4.58. The number of carbonyl (C=O) groups is 1. The first-order valence-electron chi connectivity index (χ1n) is 8.27. The number of rotatable bonds is 2. The van der Waals surface area contributed by atoms with Crippen LogP contribution >= 0.6 is 0 Å². The minimum atomic E-state index is 0.177. The topological polar surface area (TPSA) is 52.2 Å². The van der Waals surface area contributed by atoms with E-state index in [0.29, 0.717) is 12.5 Å². The Morgan fingerprint density at radius 3 is 2.91 bits per heavy atom. The molecule has 1 amide bonds. The van der Waals surface area contributed by atoms with Gasteiger partial charge in [-0.2, -0.15) is 5.10 Å². The van der Waals surface area contributed by atoms with Crippen LogP contribution in [0.1, 0.15) is 28.9 Å². The van der Waals surface area contributed by atoms with Gasteiger partial charge in [0, 0.05) is 18.5 Å². The molecule has 1 atom stereocenters. The second-order valence-electron chi connectivity index (χ2n) is 6.98. The number of carbonyl (C=O) groups excluding carboxylic acids is 1. The first-order valence-corrected chi connectivity index (χ1v) is 8.27. The molecule has 2 aromatic rings. The quantitative estimate of drug-likeness (QED) is 0.920. The Hall–Kier alpha value is -1.88. The highest BCUT2D eigenvalue weighted by atomic mass is 16.2. The molecule has 5 heterocycles. The number of fused-ring (bicyclic) bond motifs is 3. The predicted molar refractivity (Wildman–Crippen MR) is 83.5 cm³/mol. The maximum atomic E-state index is 12.9. The SMILES string of the molecule is O=C1c2cccc3[nH]nc(c23)CN1CC1CN2CCC1CC2. The van der Waals surface area contributed by atoms with E-state index in [4.69, 9.17) is 0 Å². The molecule has 22 heavy (non-hydrogen) atoms. The summed E-state index contributed by atoms with van der Waals surface area (Å²) in [5, 5.41) is 8.50. The molecule has 4 aliphatic heterocycles. The van der Waals surface area contributed by atoms with E-state index in [1.165, 1.54) is 25.9 Å². The number of nitrogens with one attached hydrogen (secondary N) is 1. The molecule has 0 spiro atoms. The van der Waals surface area contributed by atoms with Crippen LogP contribution in [-0.4, -0.2) is 52.1 Å². The van der Waals surface area contributed by atoms with E-state index in [2.05, 4.69) is 15.1 Å². The molecule has 5 nitrogen and oxygen atoms in total. The maximum absolute atomic E-state index is 12.9. The molecule has 6 rings (SSSR count). The molecule has 1 unspecified atom stereocenters. The maximum Gasteiger partial charge on any atom is 0.254 e. The van der Waals surface area contributed by atoms with Crippen molar-refractivity contribution in [1.82, 2.24) is 20.0 Å². The number of aromatic nitrogens is 2. The van der Waals surface area contributed by atoms with Gasteiger partial charge in [0.1, 0.15) is 0 Å². The van der Waals surface area contributed by atoms with Crippen molar-refractivity contribution in [1.29, 1.82) is 0 Å². The number of amides is 1. The number of aromatic amines is 1. The number of nitrogens with zero attached hydrogens (tertiary/aromatic N) is 3. The lowest BCUT2D eigenvalue weighted by Gasteiger charge is -2.46. The first-order chi connectivity index (χ1) is 10.8. The van der Waals surface area contributed by atoms with Crippen molar-refractivity contribution >= 4 is 16.8 Å². The molecule has 3 saturated heterocycles. The molecular weight excluding hydrogens is 276 g/mol. The summed E-state index contributed by atoms with van der Waals surface area (Å²) in [6.45, 7) is 5.18. The van der Waals surface area contributed by atoms with Gasteiger partial charge in [-0.1, -0.05) is 6.07 Å². The third kappa shape index (κ3) is 1.75. The van der Waals surface area contributed by atoms with E-state index in [0.717, 1.165) is 41.2 Å². The Balaban J connectivity index is 1.44. The fraction of sp³-hybridized carbons (Fsp3) is 0.529. The smallest absolute Gasteiger partial charge is 0.254 e. The monoisotopic (exact) mass is 296 g/mol. The summed E-state index contributed by atoms with van der Waals surface area (Å²) in [4.78, 5) is 17.4. The summed E-state index contributed by atoms with van der Waals surface area (Å²) in [6.07, 6.45) is 2.60. The molecule has 5 heteroatoms. The van der Waals surface area contributed by atoms with Gasteiger partial charge in [0.25, 0.3) is 5.91 Å². The summed E-state index contributed by atoms with van der Waals surface area (Å²) in [6, 6.07) is 5.87. The first kappa shape index (κ1) is 12.6. The third-order valence-electron chi connectivity index (χ3n) is 5.77. The molecule has 3 fully saturated rings. The van der Waals surface area contributed by atoms with Gasteiger partial charge >= 0.3 is 0 Å². The van der Waals surface area contributed by atoms with Gasteiger partial charge < -0.3 is 9.80 Å². The van der Waals surface area contributed by atoms with E-state index in [9.17, 15) is 4.79 Å². The van der Waals surface area contributed by atoms with Gasteiger partial charge in [-0.3, -0.25) is 9.89 Å². The number of hydrogen-bond donors (Lipinski definition) is 1. The molecule has 1 aromatic carbocycles. The second-order valence-corrected chi connectivity index (χ2v) is 6.98. The Morgan fingerprint density at radius 1 is 1.27 bits per heavy atom. The van der Waals surface area contributed by atoms with Gasteiger partial charge in [-0.05, 0) is 49.9 Å². The summed E-state index contributed by atoms with van der Waals surface area (Å²) < 4.78 is 0. The number of hydrogen-bond acceptors (Lipinski definition) is 3. The Kier molecular flexibility index (Phi) is 2.62. The van der Waals surface area contributed by atoms with Crippen molar-refractivity contribution in [3.8, 4) is 0 Å². The van der Waals surface area contributed by atoms with Crippen molar-refractivity contribution in [2.45, 2.75) is 19.4 Å². The van der Waals surface area contributed by atoms with Gasteiger partial charge in [0.2, 0.25) is 0 Å². The largest absolute Gasteiger partial charge is 0.332 e. The highest BCUT2D eigenvalue weighted by Crippen LogP contribution is 2.35. The van der Waals surface area contributed by atoms with Gasteiger partial charge in [-0.15, -0.1) is 0 Å². The minimum absolute atomic E-state index is 0.177. The summed E-state index contributed by atoms with van der Waals surface area (Å²) in [5.41, 5.74) is 2.81. The fourth-order valence-corrected chi connectivity index (χ4v) is 4.58. The lowest BCUT2D eigenvalue weighted by Crippen LogP contribution is -2.51. The van der Waals surface area contributed by atoms with E-state index in [-0.39, 0.29) is 5.91 Å². The summed E-state index contributed by atoms with van der Waals surface area (Å²) in [5.74, 6) is 1.61. The Bertz CT molecular complexity index is 744. The standard InChI is InChI=1S/C17H20N4O/c22-17-13-2-1-3-14-16(13)15(19-18-14)10-21(17)9-12-8-20-6-4-11(12)5-7-20/h1-3,11-12H,4-10H2,(H,18,19). The third-order valence-corrected chi connectivity index (χ3v) is 5.77. The average Bonchev–Trinajstić information content (AvgIpc) is 2.97. The van der Waals surface area contributed by atoms with Crippen LogP contribution in [-0.2, 0) is 6.54 Å². The van der Waals surface area contributed by atoms with E-state index in [1.54, 1.807) is 0 Å². The highest BCUT2D eigenvalue weighted by Gasteiger charge is 2.37. The van der Waals surface area contributed by atoms with Crippen molar-refractivity contribution in [3.63, 3.8) is 0 Å². The van der Waals surface area contributed by atoms with Crippen LogP contribution in [0.15, 0.2) is 18.2 Å². The van der Waals surface area contributed by atoms with E-state index >= 15 is 0 Å². The predicted octanol–water partition coefficient (Wildman–Crippen LogP) is 1.86. The van der Waals surface area contributed by atoms with Crippen molar-refractivity contribution in [3.05, 3.63) is 29.5 Å². The molecule has 4 aliphatic rings. The lowest BCUT2D eigenvalue weighted by molar-refractivity contribution is 0.0257. The number of benzene rings is 1. The Morgan fingerprint density at radius 2 is 2.14 bits per heavy atom. The molecule has 1 aromatic heterocycles. The molecule has 1 N–H and O–H groups in total. The number of H-pyrrole nitrogens is 1. The van der Waals surface area contributed by atoms with Crippen LogP contribution in [0.5, 0.6) is 0 Å².